The lowest BCUT2D eigenvalue weighted by molar-refractivity contribution is -0.122. The number of nitrogens with one attached hydrogen (secondary N) is 1. The Kier molecular flexibility index (Phi) is 6.53. The molecule has 2 aromatic carbocycles. The number of hydrogen-bond acceptors (Lipinski definition) is 6. The van der Waals surface area contributed by atoms with E-state index in [4.69, 9.17) is 9.47 Å². The molecule has 1 saturated heterocycles. The van der Waals surface area contributed by atoms with Crippen molar-refractivity contribution < 1.29 is 28.7 Å². The third-order valence-corrected chi connectivity index (χ3v) is 5.63. The Morgan fingerprint density at radius 3 is 2.30 bits per heavy atom. The van der Waals surface area contributed by atoms with Crippen LogP contribution in [-0.4, -0.2) is 36.9 Å². The second-order valence-corrected chi connectivity index (χ2v) is 7.80. The van der Waals surface area contributed by atoms with Gasteiger partial charge in [-0.05, 0) is 62.2 Å². The number of amides is 3. The largest absolute Gasteiger partial charge is 0.494 e. The highest BCUT2D eigenvalue weighted by molar-refractivity contribution is 6.22. The molecule has 0 bridgehead atoms. The number of hydrogen-bond donors (Lipinski definition) is 1. The van der Waals surface area contributed by atoms with Crippen molar-refractivity contribution in [1.82, 2.24) is 0 Å². The van der Waals surface area contributed by atoms with E-state index in [0.717, 1.165) is 4.90 Å². The van der Waals surface area contributed by atoms with Crippen LogP contribution in [0.15, 0.2) is 60.7 Å². The molecular formula is C25H24N2O6. The van der Waals surface area contributed by atoms with Crippen LogP contribution < -0.4 is 15.0 Å². The van der Waals surface area contributed by atoms with Crippen LogP contribution in [-0.2, 0) is 19.1 Å². The molecular weight excluding hydrogens is 424 g/mol. The van der Waals surface area contributed by atoms with Crippen LogP contribution in [0, 0.1) is 11.8 Å². The van der Waals surface area contributed by atoms with Crippen molar-refractivity contribution in [3.05, 3.63) is 66.2 Å². The summed E-state index contributed by atoms with van der Waals surface area (Å²) in [6.07, 6.45) is 4.91. The molecule has 2 aromatic rings. The van der Waals surface area contributed by atoms with E-state index in [1.165, 1.54) is 12.1 Å². The Morgan fingerprint density at radius 1 is 1.00 bits per heavy atom. The van der Waals surface area contributed by atoms with E-state index in [-0.39, 0.29) is 29.2 Å². The van der Waals surface area contributed by atoms with Crippen LogP contribution in [0.4, 0.5) is 11.4 Å². The van der Waals surface area contributed by atoms with Gasteiger partial charge in [0, 0.05) is 5.69 Å². The van der Waals surface area contributed by atoms with Gasteiger partial charge in [-0.1, -0.05) is 18.2 Å². The smallest absolute Gasteiger partial charge is 0.338 e. The van der Waals surface area contributed by atoms with Gasteiger partial charge in [-0.25, -0.2) is 4.79 Å². The van der Waals surface area contributed by atoms with Crippen molar-refractivity contribution in [3.63, 3.8) is 0 Å². The molecule has 33 heavy (non-hydrogen) atoms. The number of carbonyl (C=O) groups is 4. The molecule has 2 aliphatic rings. The standard InChI is InChI=1S/C25H24N2O6/c1-2-32-19-12-10-17(11-13-19)26-22(28)15-33-25(31)16-6-5-7-18(14-16)27-23(29)20-8-3-4-9-21(20)24(27)30/h3-7,10-14,20-21H,2,8-9,15H2,1H3,(H,26,28)/t20-,21-/m0/s1. The van der Waals surface area contributed by atoms with E-state index >= 15 is 0 Å². The summed E-state index contributed by atoms with van der Waals surface area (Å²) in [5.74, 6) is -1.76. The number of fused-ring (bicyclic) bond motifs is 1. The average Bonchev–Trinajstić information content (AvgIpc) is 3.09. The molecule has 2 atom stereocenters. The second-order valence-electron chi connectivity index (χ2n) is 7.80. The predicted octanol–water partition coefficient (Wildman–Crippen LogP) is 3.34. The van der Waals surface area contributed by atoms with Crippen molar-refractivity contribution in [2.75, 3.05) is 23.4 Å². The monoisotopic (exact) mass is 448 g/mol. The lowest BCUT2D eigenvalue weighted by atomic mass is 9.85. The molecule has 1 aliphatic heterocycles. The molecule has 1 N–H and O–H groups in total. The molecule has 1 aliphatic carbocycles. The van der Waals surface area contributed by atoms with E-state index in [1.807, 2.05) is 19.1 Å². The fraction of sp³-hybridized carbons (Fsp3) is 0.280. The second kappa shape index (κ2) is 9.68. The Bertz CT molecular complexity index is 1080. The summed E-state index contributed by atoms with van der Waals surface area (Å²) in [5, 5.41) is 2.64. The van der Waals surface area contributed by atoms with E-state index in [1.54, 1.807) is 36.4 Å². The fourth-order valence-corrected chi connectivity index (χ4v) is 4.04. The van der Waals surface area contributed by atoms with E-state index in [0.29, 0.717) is 36.6 Å². The van der Waals surface area contributed by atoms with Gasteiger partial charge in [0.25, 0.3) is 5.91 Å². The number of anilines is 2. The van der Waals surface area contributed by atoms with Gasteiger partial charge in [0.05, 0.1) is 29.7 Å². The van der Waals surface area contributed by atoms with Crippen molar-refractivity contribution in [1.29, 1.82) is 0 Å². The predicted molar refractivity (Wildman–Crippen MR) is 121 cm³/mol. The Balaban J connectivity index is 1.36. The topological polar surface area (TPSA) is 102 Å². The van der Waals surface area contributed by atoms with Crippen molar-refractivity contribution in [2.45, 2.75) is 19.8 Å². The zero-order valence-corrected chi connectivity index (χ0v) is 18.2. The van der Waals surface area contributed by atoms with Gasteiger partial charge in [-0.15, -0.1) is 0 Å². The minimum Gasteiger partial charge on any atom is -0.494 e. The third-order valence-electron chi connectivity index (χ3n) is 5.63. The first-order valence-corrected chi connectivity index (χ1v) is 10.8. The summed E-state index contributed by atoms with van der Waals surface area (Å²) in [7, 11) is 0. The summed E-state index contributed by atoms with van der Waals surface area (Å²) in [6.45, 7) is 1.94. The molecule has 3 amide bonds. The summed E-state index contributed by atoms with van der Waals surface area (Å²) >= 11 is 0. The molecule has 0 aromatic heterocycles. The first-order chi connectivity index (χ1) is 16.0. The summed E-state index contributed by atoms with van der Waals surface area (Å²) < 4.78 is 10.5. The molecule has 1 fully saturated rings. The molecule has 1 heterocycles. The average molecular weight is 448 g/mol. The number of ether oxygens (including phenoxy) is 2. The number of nitrogens with zero attached hydrogens (tertiary/aromatic N) is 1. The zero-order valence-electron chi connectivity index (χ0n) is 18.2. The van der Waals surface area contributed by atoms with Gasteiger partial charge in [-0.3, -0.25) is 19.3 Å². The van der Waals surface area contributed by atoms with Crippen LogP contribution in [0.1, 0.15) is 30.1 Å². The van der Waals surface area contributed by atoms with Crippen LogP contribution in [0.25, 0.3) is 0 Å². The van der Waals surface area contributed by atoms with Crippen LogP contribution in [0.3, 0.4) is 0 Å². The first-order valence-electron chi connectivity index (χ1n) is 10.8. The molecule has 0 radical (unpaired) electrons. The van der Waals surface area contributed by atoms with Crippen molar-refractivity contribution in [3.8, 4) is 5.75 Å². The number of allylic oxidation sites excluding steroid dienone is 2. The van der Waals surface area contributed by atoms with Gasteiger partial charge in [0.2, 0.25) is 11.8 Å². The Labute approximate surface area is 191 Å². The highest BCUT2D eigenvalue weighted by Crippen LogP contribution is 2.37. The third kappa shape index (κ3) is 4.79. The maximum absolute atomic E-state index is 12.8. The van der Waals surface area contributed by atoms with Crippen molar-refractivity contribution in [2.24, 2.45) is 11.8 Å². The van der Waals surface area contributed by atoms with Gasteiger partial charge in [-0.2, -0.15) is 0 Å². The molecule has 0 spiro atoms. The summed E-state index contributed by atoms with van der Waals surface area (Å²) in [4.78, 5) is 51.3. The van der Waals surface area contributed by atoms with Crippen LogP contribution in [0.5, 0.6) is 5.75 Å². The summed E-state index contributed by atoms with van der Waals surface area (Å²) in [5.41, 5.74) is 1.02. The van der Waals surface area contributed by atoms with Crippen molar-refractivity contribution >= 4 is 35.1 Å². The van der Waals surface area contributed by atoms with Gasteiger partial charge >= 0.3 is 5.97 Å². The van der Waals surface area contributed by atoms with Crippen LogP contribution >= 0.6 is 0 Å². The van der Waals surface area contributed by atoms with Crippen LogP contribution in [0.2, 0.25) is 0 Å². The highest BCUT2D eigenvalue weighted by Gasteiger charge is 2.47. The lowest BCUT2D eigenvalue weighted by Gasteiger charge is -2.15. The SMILES string of the molecule is CCOc1ccc(NC(=O)COC(=O)c2cccc(N3C(=O)[C@H]4CC=CC[C@@H]4C3=O)c2)cc1. The number of esters is 1. The fourth-order valence-electron chi connectivity index (χ4n) is 4.04. The van der Waals surface area contributed by atoms with E-state index in [9.17, 15) is 19.2 Å². The maximum Gasteiger partial charge on any atom is 0.338 e. The van der Waals surface area contributed by atoms with E-state index < -0.39 is 18.5 Å². The molecule has 0 saturated carbocycles. The van der Waals surface area contributed by atoms with E-state index in [2.05, 4.69) is 5.32 Å². The molecule has 170 valence electrons. The maximum atomic E-state index is 12.8. The molecule has 4 rings (SSSR count). The van der Waals surface area contributed by atoms with Gasteiger partial charge < -0.3 is 14.8 Å². The first kappa shape index (κ1) is 22.3. The molecule has 8 nitrogen and oxygen atoms in total. The number of benzene rings is 2. The molecule has 0 unspecified atom stereocenters. The van der Waals surface area contributed by atoms with Gasteiger partial charge in [0.15, 0.2) is 6.61 Å². The molecule has 8 heteroatoms. The lowest BCUT2D eigenvalue weighted by Crippen LogP contribution is -2.31. The highest BCUT2D eigenvalue weighted by atomic mass is 16.5. The number of carbonyl (C=O) groups excluding carboxylic acids is 4. The number of rotatable bonds is 7. The minimum atomic E-state index is -0.725. The minimum absolute atomic E-state index is 0.148. The van der Waals surface area contributed by atoms with Gasteiger partial charge in [0.1, 0.15) is 5.75 Å². The normalized spacial score (nSPS) is 19.2. The Morgan fingerprint density at radius 2 is 1.67 bits per heavy atom. The number of imide groups is 1. The quantitative estimate of drug-likeness (QED) is 0.396. The zero-order chi connectivity index (χ0) is 23.4. The summed E-state index contributed by atoms with van der Waals surface area (Å²) in [6, 6.07) is 13.0. The Hall–Kier alpha value is -3.94.